The van der Waals surface area contributed by atoms with Crippen LogP contribution in [-0.2, 0) is 10.0 Å². The fraction of sp³-hybridized carbons (Fsp3) is 0.125. The molecule has 1 heterocycles. The number of halogens is 1. The number of hydrogen-bond acceptors (Lipinski definition) is 8. The van der Waals surface area contributed by atoms with Gasteiger partial charge in [-0.25, -0.2) is 8.42 Å². The molecule has 0 amide bonds. The number of sulfonamides is 1. The third kappa shape index (κ3) is 2.84. The second kappa shape index (κ2) is 5.26. The molecule has 12 heteroatoms. The van der Waals surface area contributed by atoms with Crippen LogP contribution < -0.4 is 4.72 Å². The van der Waals surface area contributed by atoms with Gasteiger partial charge in [-0.1, -0.05) is 21.2 Å². The van der Waals surface area contributed by atoms with E-state index in [1.807, 2.05) is 0 Å². The number of nitrogens with one attached hydrogen (secondary N) is 1. The van der Waals surface area contributed by atoms with Crippen LogP contribution in [0.25, 0.3) is 0 Å². The molecular formula is C8H6ClN5O4S2. The van der Waals surface area contributed by atoms with E-state index in [4.69, 9.17) is 11.6 Å². The Morgan fingerprint density at radius 3 is 2.70 bits per heavy atom. The summed E-state index contributed by atoms with van der Waals surface area (Å²) in [5.41, 5.74) is -0.224. The Balaban J connectivity index is 2.51. The number of nitrogens with zero attached hydrogens (tertiary/aromatic N) is 4. The van der Waals surface area contributed by atoms with Gasteiger partial charge in [0.05, 0.1) is 9.82 Å². The van der Waals surface area contributed by atoms with E-state index in [1.165, 1.54) is 13.0 Å². The monoisotopic (exact) mass is 335 g/mol. The fourth-order valence-corrected chi connectivity index (χ4v) is 3.53. The first-order valence-electron chi connectivity index (χ1n) is 4.93. The Morgan fingerprint density at radius 2 is 2.15 bits per heavy atom. The zero-order valence-electron chi connectivity index (χ0n) is 9.77. The lowest BCUT2D eigenvalue weighted by Gasteiger charge is -2.08. The molecule has 0 radical (unpaired) electrons. The molecular weight excluding hydrogens is 330 g/mol. The van der Waals surface area contributed by atoms with Gasteiger partial charge in [-0.2, -0.15) is 0 Å². The molecule has 0 saturated heterocycles. The van der Waals surface area contributed by atoms with Crippen LogP contribution in [0.5, 0.6) is 0 Å². The second-order valence-corrected chi connectivity index (χ2v) is 6.39. The van der Waals surface area contributed by atoms with Gasteiger partial charge in [-0.3, -0.25) is 14.8 Å². The number of anilines is 1. The molecule has 20 heavy (non-hydrogen) atoms. The van der Waals surface area contributed by atoms with Crippen molar-refractivity contribution >= 4 is 44.0 Å². The standard InChI is InChI=1S/C8H6ClN5O4S2/c1-4-2-5(9)6(14(15)16)3-7(4)20(17,18)11-8-10-12-13-19-8/h2-3H,1H3,(H,10,11,13). The van der Waals surface area contributed by atoms with Crippen molar-refractivity contribution in [2.45, 2.75) is 11.8 Å². The number of rotatable bonds is 4. The van der Waals surface area contributed by atoms with Crippen molar-refractivity contribution < 1.29 is 13.3 Å². The van der Waals surface area contributed by atoms with Gasteiger partial charge >= 0.3 is 0 Å². The highest BCUT2D eigenvalue weighted by atomic mass is 35.5. The van der Waals surface area contributed by atoms with Crippen LogP contribution in [-0.4, -0.2) is 28.1 Å². The highest BCUT2D eigenvalue weighted by Gasteiger charge is 2.24. The molecule has 0 fully saturated rings. The van der Waals surface area contributed by atoms with Gasteiger partial charge in [0.1, 0.15) is 5.02 Å². The van der Waals surface area contributed by atoms with Crippen LogP contribution in [0.15, 0.2) is 17.0 Å². The van der Waals surface area contributed by atoms with Crippen molar-refractivity contribution in [2.75, 3.05) is 4.72 Å². The predicted octanol–water partition coefficient (Wildman–Crippen LogP) is 1.60. The lowest BCUT2D eigenvalue weighted by molar-refractivity contribution is -0.384. The number of aromatic nitrogens is 3. The Morgan fingerprint density at radius 1 is 1.45 bits per heavy atom. The molecule has 0 aliphatic heterocycles. The first-order chi connectivity index (χ1) is 9.31. The van der Waals surface area contributed by atoms with Crippen molar-refractivity contribution in [2.24, 2.45) is 0 Å². The van der Waals surface area contributed by atoms with Gasteiger partial charge in [0.2, 0.25) is 5.13 Å². The molecule has 0 spiro atoms. The summed E-state index contributed by atoms with van der Waals surface area (Å²) >= 11 is 6.44. The minimum Gasteiger partial charge on any atom is -0.258 e. The molecule has 0 atom stereocenters. The Hall–Kier alpha value is -1.85. The minimum atomic E-state index is -4.03. The van der Waals surface area contributed by atoms with Gasteiger partial charge in [-0.15, -0.1) is 0 Å². The summed E-state index contributed by atoms with van der Waals surface area (Å²) in [5.74, 6) is 0. The van der Waals surface area contributed by atoms with Crippen LogP contribution in [0, 0.1) is 17.0 Å². The summed E-state index contributed by atoms with van der Waals surface area (Å²) in [5, 5.41) is 17.3. The van der Waals surface area contributed by atoms with E-state index in [0.717, 1.165) is 17.6 Å². The maximum atomic E-state index is 12.1. The summed E-state index contributed by atoms with van der Waals surface area (Å²) in [6.07, 6.45) is 0. The second-order valence-electron chi connectivity index (χ2n) is 3.60. The van der Waals surface area contributed by atoms with E-state index < -0.39 is 20.6 Å². The van der Waals surface area contributed by atoms with Gasteiger partial charge in [-0.05, 0) is 23.8 Å². The number of aryl methyl sites for hydroxylation is 1. The number of hydrogen-bond donors (Lipinski definition) is 1. The fourth-order valence-electron chi connectivity index (χ4n) is 1.41. The highest BCUT2D eigenvalue weighted by Crippen LogP contribution is 2.30. The zero-order chi connectivity index (χ0) is 14.9. The van der Waals surface area contributed by atoms with E-state index in [0.29, 0.717) is 0 Å². The Kier molecular flexibility index (Phi) is 3.83. The summed E-state index contributed by atoms with van der Waals surface area (Å²) in [6, 6.07) is 2.11. The van der Waals surface area contributed by atoms with Crippen LogP contribution in [0.1, 0.15) is 5.56 Å². The van der Waals surface area contributed by atoms with Crippen LogP contribution >= 0.6 is 23.1 Å². The molecule has 1 N–H and O–H groups in total. The van der Waals surface area contributed by atoms with Crippen molar-refractivity contribution in [1.29, 1.82) is 0 Å². The quantitative estimate of drug-likeness (QED) is 0.663. The predicted molar refractivity (Wildman–Crippen MR) is 71.4 cm³/mol. The summed E-state index contributed by atoms with van der Waals surface area (Å²) in [4.78, 5) is 9.79. The maximum absolute atomic E-state index is 12.1. The van der Waals surface area contributed by atoms with Crippen LogP contribution in [0.2, 0.25) is 5.02 Å². The molecule has 0 bridgehead atoms. The third-order valence-corrected chi connectivity index (χ3v) is 4.68. The Bertz CT molecular complexity index is 761. The van der Waals surface area contributed by atoms with E-state index in [-0.39, 0.29) is 20.6 Å². The molecule has 2 aromatic rings. The molecule has 9 nitrogen and oxygen atoms in total. The van der Waals surface area contributed by atoms with Crippen molar-refractivity contribution in [3.05, 3.63) is 32.8 Å². The van der Waals surface area contributed by atoms with E-state index >= 15 is 0 Å². The summed E-state index contributed by atoms with van der Waals surface area (Å²) in [6.45, 7) is 1.47. The van der Waals surface area contributed by atoms with Crippen molar-refractivity contribution in [3.63, 3.8) is 0 Å². The highest BCUT2D eigenvalue weighted by molar-refractivity contribution is 7.93. The molecule has 0 aliphatic rings. The van der Waals surface area contributed by atoms with Gasteiger partial charge in [0.25, 0.3) is 15.7 Å². The Labute approximate surface area is 121 Å². The average molecular weight is 336 g/mol. The SMILES string of the molecule is Cc1cc(Cl)c([N+](=O)[O-])cc1S(=O)(=O)Nc1nnns1. The smallest absolute Gasteiger partial charge is 0.258 e. The lowest BCUT2D eigenvalue weighted by Crippen LogP contribution is -2.14. The summed E-state index contributed by atoms with van der Waals surface area (Å²) in [7, 11) is -4.03. The lowest BCUT2D eigenvalue weighted by atomic mass is 10.2. The van der Waals surface area contributed by atoms with E-state index in [2.05, 4.69) is 19.5 Å². The molecule has 106 valence electrons. The number of nitro groups is 1. The average Bonchev–Trinajstić information content (AvgIpc) is 2.79. The third-order valence-electron chi connectivity index (χ3n) is 2.25. The normalized spacial score (nSPS) is 11.3. The minimum absolute atomic E-state index is 0.0398. The van der Waals surface area contributed by atoms with Crippen molar-refractivity contribution in [3.8, 4) is 0 Å². The largest absolute Gasteiger partial charge is 0.289 e. The molecule has 1 aromatic heterocycles. The van der Waals surface area contributed by atoms with Gasteiger partial charge in [0, 0.05) is 17.6 Å². The molecule has 0 aliphatic carbocycles. The van der Waals surface area contributed by atoms with Gasteiger partial charge < -0.3 is 0 Å². The van der Waals surface area contributed by atoms with E-state index in [9.17, 15) is 18.5 Å². The maximum Gasteiger partial charge on any atom is 0.289 e. The van der Waals surface area contributed by atoms with Crippen LogP contribution in [0.4, 0.5) is 10.8 Å². The molecule has 0 saturated carbocycles. The molecule has 1 aromatic carbocycles. The number of nitro benzene ring substituents is 1. The van der Waals surface area contributed by atoms with Crippen molar-refractivity contribution in [1.82, 2.24) is 14.8 Å². The zero-order valence-corrected chi connectivity index (χ0v) is 12.2. The van der Waals surface area contributed by atoms with E-state index in [1.54, 1.807) is 0 Å². The van der Waals surface area contributed by atoms with Crippen LogP contribution in [0.3, 0.4) is 0 Å². The number of benzene rings is 1. The molecule has 2 rings (SSSR count). The summed E-state index contributed by atoms with van der Waals surface area (Å²) < 4.78 is 29.8. The molecule has 0 unspecified atom stereocenters. The topological polar surface area (TPSA) is 128 Å². The van der Waals surface area contributed by atoms with Gasteiger partial charge in [0.15, 0.2) is 0 Å². The first-order valence-corrected chi connectivity index (χ1v) is 7.57. The first kappa shape index (κ1) is 14.6.